The lowest BCUT2D eigenvalue weighted by molar-refractivity contribution is 0.0522. The largest absolute Gasteiger partial charge is 0.495 e. The first-order valence-corrected chi connectivity index (χ1v) is 11.0. The number of ether oxygens (including phenoxy) is 2. The standard InChI is InChI=1S/C23H22ClN3O3S/c1-5-30-23(28)18-7-6-8-20(21(18)29-4)31-22-14(2)27(16-12-25-26(3)13-16)19-11-15(24)9-10-17(19)22/h6-13H,5H2,1-4H3. The number of hydrogen-bond donors (Lipinski definition) is 0. The Morgan fingerprint density at radius 3 is 2.74 bits per heavy atom. The molecule has 4 rings (SSSR count). The molecular weight excluding hydrogens is 434 g/mol. The molecule has 0 aliphatic rings. The average molecular weight is 456 g/mol. The molecule has 0 unspecified atom stereocenters. The van der Waals surface area contributed by atoms with Crippen LogP contribution >= 0.6 is 23.4 Å². The van der Waals surface area contributed by atoms with Crippen LogP contribution in [0.4, 0.5) is 0 Å². The molecule has 2 heterocycles. The third-order valence-electron chi connectivity index (χ3n) is 4.95. The van der Waals surface area contributed by atoms with Crippen molar-refractivity contribution in [1.29, 1.82) is 0 Å². The predicted octanol–water partition coefficient (Wildman–Crippen LogP) is 5.66. The molecule has 0 amide bonds. The van der Waals surface area contributed by atoms with Gasteiger partial charge in [-0.25, -0.2) is 4.79 Å². The molecule has 0 aliphatic heterocycles. The maximum Gasteiger partial charge on any atom is 0.341 e. The third kappa shape index (κ3) is 3.91. The number of hydrogen-bond acceptors (Lipinski definition) is 5. The molecule has 0 aliphatic carbocycles. The molecule has 0 radical (unpaired) electrons. The van der Waals surface area contributed by atoms with E-state index in [1.165, 1.54) is 0 Å². The molecule has 0 N–H and O–H groups in total. The fourth-order valence-electron chi connectivity index (χ4n) is 3.63. The normalized spacial score (nSPS) is 11.1. The Kier molecular flexibility index (Phi) is 5.98. The monoisotopic (exact) mass is 455 g/mol. The molecule has 6 nitrogen and oxygen atoms in total. The van der Waals surface area contributed by atoms with Crippen molar-refractivity contribution in [1.82, 2.24) is 14.3 Å². The zero-order valence-corrected chi connectivity index (χ0v) is 19.3. The Balaban J connectivity index is 1.88. The van der Waals surface area contributed by atoms with Crippen LogP contribution in [0.2, 0.25) is 5.02 Å². The summed E-state index contributed by atoms with van der Waals surface area (Å²) in [7, 11) is 3.45. The van der Waals surface area contributed by atoms with Crippen LogP contribution < -0.4 is 4.74 Å². The van der Waals surface area contributed by atoms with Gasteiger partial charge in [0.2, 0.25) is 0 Å². The van der Waals surface area contributed by atoms with E-state index in [1.54, 1.807) is 36.5 Å². The number of carbonyl (C=O) groups is 1. The number of para-hydroxylation sites is 1. The van der Waals surface area contributed by atoms with E-state index in [1.807, 2.05) is 49.8 Å². The maximum atomic E-state index is 12.4. The lowest BCUT2D eigenvalue weighted by Crippen LogP contribution is -2.07. The lowest BCUT2D eigenvalue weighted by Gasteiger charge is -2.13. The van der Waals surface area contributed by atoms with E-state index >= 15 is 0 Å². The number of aromatic nitrogens is 3. The number of nitrogens with zero attached hydrogens (tertiary/aromatic N) is 3. The SMILES string of the molecule is CCOC(=O)c1cccc(Sc2c(C)n(-c3cnn(C)c3)c3cc(Cl)ccc23)c1OC. The first kappa shape index (κ1) is 21.3. The van der Waals surface area contributed by atoms with E-state index in [4.69, 9.17) is 21.1 Å². The van der Waals surface area contributed by atoms with Crippen molar-refractivity contribution >= 4 is 40.2 Å². The van der Waals surface area contributed by atoms with Crippen LogP contribution in [0.15, 0.2) is 58.6 Å². The fourth-order valence-corrected chi connectivity index (χ4v) is 4.97. The highest BCUT2D eigenvalue weighted by Crippen LogP contribution is 2.44. The Hall–Kier alpha value is -2.90. The summed E-state index contributed by atoms with van der Waals surface area (Å²) < 4.78 is 14.7. The summed E-state index contributed by atoms with van der Waals surface area (Å²) in [5.74, 6) is 0.102. The fraction of sp³-hybridized carbons (Fsp3) is 0.217. The number of esters is 1. The lowest BCUT2D eigenvalue weighted by atomic mass is 10.2. The highest BCUT2D eigenvalue weighted by atomic mass is 35.5. The van der Waals surface area contributed by atoms with Crippen molar-refractivity contribution in [3.63, 3.8) is 0 Å². The van der Waals surface area contributed by atoms with Crippen LogP contribution in [0.1, 0.15) is 23.0 Å². The Labute approximate surface area is 189 Å². The van der Waals surface area contributed by atoms with E-state index in [-0.39, 0.29) is 0 Å². The summed E-state index contributed by atoms with van der Waals surface area (Å²) in [4.78, 5) is 14.3. The second kappa shape index (κ2) is 8.69. The molecule has 0 atom stereocenters. The minimum Gasteiger partial charge on any atom is -0.495 e. The second-order valence-electron chi connectivity index (χ2n) is 6.94. The Morgan fingerprint density at radius 2 is 2.06 bits per heavy atom. The van der Waals surface area contributed by atoms with Crippen LogP contribution in [0.3, 0.4) is 0 Å². The van der Waals surface area contributed by atoms with E-state index in [9.17, 15) is 4.79 Å². The van der Waals surface area contributed by atoms with Gasteiger partial charge in [0.1, 0.15) is 11.3 Å². The molecule has 0 spiro atoms. The van der Waals surface area contributed by atoms with Crippen molar-refractivity contribution in [2.24, 2.45) is 7.05 Å². The van der Waals surface area contributed by atoms with Crippen LogP contribution in [-0.2, 0) is 11.8 Å². The molecule has 0 bridgehead atoms. The first-order chi connectivity index (χ1) is 14.9. The van der Waals surface area contributed by atoms with Crippen LogP contribution in [0.5, 0.6) is 5.75 Å². The van der Waals surface area contributed by atoms with Crippen molar-refractivity contribution in [2.75, 3.05) is 13.7 Å². The summed E-state index contributed by atoms with van der Waals surface area (Å²) in [6.45, 7) is 4.15. The molecule has 0 saturated carbocycles. The number of halogens is 1. The number of rotatable bonds is 6. The van der Waals surface area contributed by atoms with Crippen LogP contribution in [-0.4, -0.2) is 34.0 Å². The zero-order valence-electron chi connectivity index (χ0n) is 17.7. The minimum absolute atomic E-state index is 0.303. The van der Waals surface area contributed by atoms with Gasteiger partial charge < -0.3 is 14.0 Å². The van der Waals surface area contributed by atoms with Gasteiger partial charge in [0.05, 0.1) is 36.0 Å². The summed E-state index contributed by atoms with van der Waals surface area (Å²) in [6, 6.07) is 11.3. The quantitative estimate of drug-likeness (QED) is 0.351. The summed E-state index contributed by atoms with van der Waals surface area (Å²) in [5, 5.41) is 6.03. The van der Waals surface area contributed by atoms with Crippen LogP contribution in [0.25, 0.3) is 16.6 Å². The molecular formula is C23H22ClN3O3S. The van der Waals surface area contributed by atoms with E-state index in [0.717, 1.165) is 32.1 Å². The zero-order chi connectivity index (χ0) is 22.1. The van der Waals surface area contributed by atoms with Crippen molar-refractivity contribution in [2.45, 2.75) is 23.6 Å². The van der Waals surface area contributed by atoms with E-state index < -0.39 is 5.97 Å². The third-order valence-corrected chi connectivity index (χ3v) is 6.45. The molecule has 4 aromatic rings. The summed E-state index contributed by atoms with van der Waals surface area (Å²) >= 11 is 7.87. The number of fused-ring (bicyclic) bond motifs is 1. The summed E-state index contributed by atoms with van der Waals surface area (Å²) in [5.41, 5.74) is 3.39. The number of carbonyl (C=O) groups excluding carboxylic acids is 1. The topological polar surface area (TPSA) is 58.3 Å². The molecule has 2 aromatic heterocycles. The van der Waals surface area contributed by atoms with Gasteiger partial charge in [-0.3, -0.25) is 4.68 Å². The first-order valence-electron chi connectivity index (χ1n) is 9.76. The number of benzene rings is 2. The number of aryl methyl sites for hydroxylation is 1. The van der Waals surface area contributed by atoms with E-state index in [2.05, 4.69) is 16.6 Å². The van der Waals surface area contributed by atoms with Gasteiger partial charge in [-0.1, -0.05) is 35.5 Å². The van der Waals surface area contributed by atoms with Crippen molar-refractivity contribution < 1.29 is 14.3 Å². The number of methoxy groups -OCH3 is 1. The van der Waals surface area contributed by atoms with Gasteiger partial charge in [0, 0.05) is 34.2 Å². The van der Waals surface area contributed by atoms with Gasteiger partial charge in [-0.15, -0.1) is 0 Å². The molecule has 8 heteroatoms. The van der Waals surface area contributed by atoms with Gasteiger partial charge in [-0.2, -0.15) is 5.10 Å². The molecule has 2 aromatic carbocycles. The van der Waals surface area contributed by atoms with Crippen molar-refractivity contribution in [3.05, 3.63) is 65.1 Å². The molecule has 0 fully saturated rings. The summed E-state index contributed by atoms with van der Waals surface area (Å²) in [6.07, 6.45) is 3.79. The second-order valence-corrected chi connectivity index (χ2v) is 8.43. The molecule has 31 heavy (non-hydrogen) atoms. The molecule has 0 saturated heterocycles. The Morgan fingerprint density at radius 1 is 1.26 bits per heavy atom. The smallest absolute Gasteiger partial charge is 0.341 e. The minimum atomic E-state index is -0.400. The average Bonchev–Trinajstić information content (AvgIpc) is 3.28. The highest BCUT2D eigenvalue weighted by molar-refractivity contribution is 7.99. The Bertz CT molecular complexity index is 1280. The van der Waals surface area contributed by atoms with Gasteiger partial charge in [0.25, 0.3) is 0 Å². The predicted molar refractivity (Wildman–Crippen MR) is 123 cm³/mol. The van der Waals surface area contributed by atoms with Gasteiger partial charge in [0.15, 0.2) is 0 Å². The highest BCUT2D eigenvalue weighted by Gasteiger charge is 2.22. The van der Waals surface area contributed by atoms with E-state index in [0.29, 0.717) is 22.9 Å². The van der Waals surface area contributed by atoms with Crippen molar-refractivity contribution in [3.8, 4) is 11.4 Å². The maximum absolute atomic E-state index is 12.4. The van der Waals surface area contributed by atoms with Crippen LogP contribution in [0, 0.1) is 6.92 Å². The molecule has 160 valence electrons. The van der Waals surface area contributed by atoms with Gasteiger partial charge >= 0.3 is 5.97 Å². The van der Waals surface area contributed by atoms with Gasteiger partial charge in [-0.05, 0) is 38.1 Å².